The molecule has 0 bridgehead atoms. The maximum absolute atomic E-state index is 12.7. The lowest BCUT2D eigenvalue weighted by Crippen LogP contribution is -2.06. The van der Waals surface area contributed by atoms with Gasteiger partial charge in [-0.05, 0) is 41.8 Å². The van der Waals surface area contributed by atoms with E-state index >= 15 is 0 Å². The highest BCUT2D eigenvalue weighted by Crippen LogP contribution is 2.34. The zero-order valence-electron chi connectivity index (χ0n) is 14.6. The fourth-order valence-corrected chi connectivity index (χ4v) is 4.78. The number of ether oxygens (including phenoxy) is 1. The lowest BCUT2D eigenvalue weighted by atomic mass is 10.2. The molecule has 0 aliphatic heterocycles. The molecular formula is C22H14N2O2S2. The number of thiophene rings is 1. The van der Waals surface area contributed by atoms with Crippen molar-refractivity contribution in [3.63, 3.8) is 0 Å². The van der Waals surface area contributed by atoms with E-state index in [9.17, 15) is 4.79 Å². The van der Waals surface area contributed by atoms with Crippen LogP contribution in [-0.4, -0.2) is 11.0 Å². The molecule has 2 heterocycles. The maximum atomic E-state index is 12.7. The zero-order valence-corrected chi connectivity index (χ0v) is 16.2. The average molecular weight is 403 g/mol. The predicted octanol–water partition coefficient (Wildman–Crippen LogP) is 6.47. The van der Waals surface area contributed by atoms with E-state index in [2.05, 4.69) is 10.3 Å². The number of carbonyl (C=O) groups is 1. The minimum absolute atomic E-state index is 0.362. The number of hydrogen-bond donors (Lipinski definition) is 1. The van der Waals surface area contributed by atoms with Crippen LogP contribution >= 0.6 is 22.7 Å². The van der Waals surface area contributed by atoms with Crippen LogP contribution in [0.4, 0.5) is 10.8 Å². The first-order valence-corrected chi connectivity index (χ1v) is 10.3. The Labute approximate surface area is 169 Å². The molecule has 6 heteroatoms. The van der Waals surface area contributed by atoms with E-state index in [1.54, 1.807) is 6.07 Å². The van der Waals surface area contributed by atoms with Crippen LogP contribution in [0.5, 0.6) is 5.75 Å². The van der Waals surface area contributed by atoms with Gasteiger partial charge in [-0.2, -0.15) is 0 Å². The smallest absolute Gasteiger partial charge is 0.353 e. The molecule has 5 rings (SSSR count). The third kappa shape index (κ3) is 3.24. The molecule has 28 heavy (non-hydrogen) atoms. The number of nitrogens with one attached hydrogen (secondary N) is 1. The third-order valence-electron chi connectivity index (χ3n) is 4.24. The molecule has 0 saturated heterocycles. The number of hydrogen-bond acceptors (Lipinski definition) is 6. The van der Waals surface area contributed by atoms with Gasteiger partial charge in [-0.1, -0.05) is 53.8 Å². The normalized spacial score (nSPS) is 11.0. The summed E-state index contributed by atoms with van der Waals surface area (Å²) >= 11 is 2.95. The van der Waals surface area contributed by atoms with Crippen molar-refractivity contribution in [2.45, 2.75) is 0 Å². The van der Waals surface area contributed by atoms with Gasteiger partial charge in [0.05, 0.1) is 4.70 Å². The van der Waals surface area contributed by atoms with Crippen molar-refractivity contribution < 1.29 is 9.53 Å². The number of anilines is 2. The fourth-order valence-electron chi connectivity index (χ4n) is 2.94. The highest BCUT2D eigenvalue weighted by Gasteiger charge is 2.16. The van der Waals surface area contributed by atoms with Gasteiger partial charge in [0.2, 0.25) is 0 Å². The number of thiazole rings is 1. The Bertz CT molecular complexity index is 1260. The summed E-state index contributed by atoms with van der Waals surface area (Å²) in [4.78, 5) is 17.9. The Morgan fingerprint density at radius 1 is 0.857 bits per heavy atom. The largest absolute Gasteiger partial charge is 0.420 e. The fraction of sp³-hybridized carbons (Fsp3) is 0. The molecule has 0 unspecified atom stereocenters. The van der Waals surface area contributed by atoms with Crippen molar-refractivity contribution in [3.8, 4) is 5.75 Å². The van der Waals surface area contributed by atoms with Gasteiger partial charge in [-0.15, -0.1) is 11.3 Å². The number of benzene rings is 3. The molecule has 3 aromatic carbocycles. The first-order chi connectivity index (χ1) is 13.8. The number of carbonyl (C=O) groups excluding carboxylic acids is 1. The van der Waals surface area contributed by atoms with E-state index in [1.807, 2.05) is 72.8 Å². The van der Waals surface area contributed by atoms with Gasteiger partial charge in [0.25, 0.3) is 0 Å². The Kier molecular flexibility index (Phi) is 4.27. The van der Waals surface area contributed by atoms with Crippen LogP contribution in [0.25, 0.3) is 20.3 Å². The summed E-state index contributed by atoms with van der Waals surface area (Å²) in [5, 5.41) is 5.09. The van der Waals surface area contributed by atoms with Gasteiger partial charge in [0.15, 0.2) is 10.9 Å². The number of fused-ring (bicyclic) bond motifs is 2. The summed E-state index contributed by atoms with van der Waals surface area (Å²) in [6.45, 7) is 0. The van der Waals surface area contributed by atoms with E-state index in [0.29, 0.717) is 16.1 Å². The lowest BCUT2D eigenvalue weighted by molar-refractivity contribution is 0.0742. The first kappa shape index (κ1) is 16.9. The van der Waals surface area contributed by atoms with E-state index in [4.69, 9.17) is 4.74 Å². The van der Waals surface area contributed by atoms with Crippen molar-refractivity contribution in [3.05, 3.63) is 83.7 Å². The number of aromatic nitrogens is 1. The second-order valence-electron chi connectivity index (χ2n) is 6.15. The lowest BCUT2D eigenvalue weighted by Gasteiger charge is -2.03. The molecule has 0 amide bonds. The first-order valence-electron chi connectivity index (χ1n) is 8.69. The van der Waals surface area contributed by atoms with Crippen LogP contribution in [0.15, 0.2) is 78.9 Å². The molecule has 5 aromatic rings. The number of nitrogens with zero attached hydrogens (tertiary/aromatic N) is 1. The van der Waals surface area contributed by atoms with Crippen LogP contribution < -0.4 is 10.1 Å². The second-order valence-corrected chi connectivity index (χ2v) is 8.27. The topological polar surface area (TPSA) is 51.2 Å². The maximum Gasteiger partial charge on any atom is 0.353 e. The van der Waals surface area contributed by atoms with Crippen molar-refractivity contribution in [1.29, 1.82) is 0 Å². The Hall–Kier alpha value is -3.22. The minimum atomic E-state index is -0.362. The van der Waals surface area contributed by atoms with Gasteiger partial charge in [0.1, 0.15) is 10.4 Å². The quantitative estimate of drug-likeness (QED) is 0.276. The van der Waals surface area contributed by atoms with E-state index in [-0.39, 0.29) is 5.97 Å². The zero-order chi connectivity index (χ0) is 18.9. The molecule has 0 atom stereocenters. The standard InChI is InChI=1S/C22H14N2O2S2/c25-21(19-13-14-7-4-5-11-17(14)27-19)26-16-10-6-12-18-20(16)24-22(28-18)23-15-8-2-1-3-9-15/h1-13H,(H,23,24). The van der Waals surface area contributed by atoms with Crippen LogP contribution in [0.1, 0.15) is 9.67 Å². The van der Waals surface area contributed by atoms with Crippen molar-refractivity contribution >= 4 is 59.8 Å². The van der Waals surface area contributed by atoms with Gasteiger partial charge in [0, 0.05) is 10.4 Å². The highest BCUT2D eigenvalue weighted by molar-refractivity contribution is 7.22. The monoisotopic (exact) mass is 402 g/mol. The molecule has 2 aromatic heterocycles. The summed E-state index contributed by atoms with van der Waals surface area (Å²) in [6.07, 6.45) is 0. The molecule has 0 saturated carbocycles. The molecular weight excluding hydrogens is 388 g/mol. The Balaban J connectivity index is 1.44. The van der Waals surface area contributed by atoms with Gasteiger partial charge < -0.3 is 10.1 Å². The number of para-hydroxylation sites is 2. The summed E-state index contributed by atoms with van der Waals surface area (Å²) in [6, 6.07) is 25.3. The van der Waals surface area contributed by atoms with E-state index in [1.165, 1.54) is 22.7 Å². The second kappa shape index (κ2) is 7.07. The number of esters is 1. The molecule has 1 N–H and O–H groups in total. The summed E-state index contributed by atoms with van der Waals surface area (Å²) in [7, 11) is 0. The molecule has 136 valence electrons. The Morgan fingerprint density at radius 3 is 2.50 bits per heavy atom. The van der Waals surface area contributed by atoms with E-state index in [0.717, 1.165) is 25.6 Å². The minimum Gasteiger partial charge on any atom is -0.420 e. The summed E-state index contributed by atoms with van der Waals surface area (Å²) < 4.78 is 7.72. The number of rotatable bonds is 4. The van der Waals surface area contributed by atoms with Crippen molar-refractivity contribution in [2.24, 2.45) is 0 Å². The van der Waals surface area contributed by atoms with Crippen LogP contribution in [0, 0.1) is 0 Å². The van der Waals surface area contributed by atoms with Crippen LogP contribution in [0.3, 0.4) is 0 Å². The van der Waals surface area contributed by atoms with Crippen LogP contribution in [-0.2, 0) is 0 Å². The van der Waals surface area contributed by atoms with Gasteiger partial charge >= 0.3 is 5.97 Å². The molecule has 4 nitrogen and oxygen atoms in total. The molecule has 0 radical (unpaired) electrons. The van der Waals surface area contributed by atoms with Crippen LogP contribution in [0.2, 0.25) is 0 Å². The Morgan fingerprint density at radius 2 is 1.64 bits per heavy atom. The van der Waals surface area contributed by atoms with Crippen molar-refractivity contribution in [1.82, 2.24) is 4.98 Å². The van der Waals surface area contributed by atoms with E-state index < -0.39 is 0 Å². The molecule has 0 spiro atoms. The average Bonchev–Trinajstić information content (AvgIpc) is 3.33. The van der Waals surface area contributed by atoms with Gasteiger partial charge in [-0.3, -0.25) is 0 Å². The third-order valence-corrected chi connectivity index (χ3v) is 6.27. The van der Waals surface area contributed by atoms with Crippen molar-refractivity contribution in [2.75, 3.05) is 5.32 Å². The predicted molar refractivity (Wildman–Crippen MR) is 116 cm³/mol. The highest BCUT2D eigenvalue weighted by atomic mass is 32.1. The SMILES string of the molecule is O=C(Oc1cccc2sc(Nc3ccccc3)nc12)c1cc2ccccc2s1. The molecule has 0 fully saturated rings. The molecule has 0 aliphatic rings. The summed E-state index contributed by atoms with van der Waals surface area (Å²) in [5.74, 6) is 0.108. The van der Waals surface area contributed by atoms with Gasteiger partial charge in [-0.25, -0.2) is 9.78 Å². The molecule has 0 aliphatic carbocycles. The summed E-state index contributed by atoms with van der Waals surface area (Å²) in [5.41, 5.74) is 1.64.